The number of ether oxygens (including phenoxy) is 2. The van der Waals surface area contributed by atoms with Crippen molar-refractivity contribution in [1.29, 1.82) is 0 Å². The van der Waals surface area contributed by atoms with Gasteiger partial charge in [0.05, 0.1) is 12.6 Å². The third-order valence-electron chi connectivity index (χ3n) is 3.15. The first kappa shape index (κ1) is 12.2. The fraction of sp³-hybridized carbons (Fsp3) is 0.571. The highest BCUT2D eigenvalue weighted by Crippen LogP contribution is 2.39. The van der Waals surface area contributed by atoms with Crippen molar-refractivity contribution in [1.82, 2.24) is 5.32 Å². The molecule has 0 aromatic heterocycles. The molecule has 3 heteroatoms. The van der Waals surface area contributed by atoms with Gasteiger partial charge in [0.25, 0.3) is 0 Å². The Labute approximate surface area is 103 Å². The average Bonchev–Trinajstić information content (AvgIpc) is 2.72. The van der Waals surface area contributed by atoms with Crippen LogP contribution < -0.4 is 14.8 Å². The van der Waals surface area contributed by atoms with Crippen LogP contribution in [0.25, 0.3) is 0 Å². The topological polar surface area (TPSA) is 30.5 Å². The molecule has 0 saturated carbocycles. The maximum absolute atomic E-state index is 5.90. The second-order valence-electron chi connectivity index (χ2n) is 4.38. The SMILES string of the molecule is CCCOc1ccc2c(c1)C(NC)C(CC)O2. The zero-order valence-corrected chi connectivity index (χ0v) is 10.8. The lowest BCUT2D eigenvalue weighted by Gasteiger charge is -2.16. The molecule has 0 saturated heterocycles. The van der Waals surface area contributed by atoms with E-state index in [1.165, 1.54) is 5.56 Å². The number of fused-ring (bicyclic) bond motifs is 1. The minimum atomic E-state index is 0.233. The van der Waals surface area contributed by atoms with Gasteiger partial charge in [-0.2, -0.15) is 0 Å². The Morgan fingerprint density at radius 2 is 2.18 bits per heavy atom. The van der Waals surface area contributed by atoms with Crippen LogP contribution in [-0.4, -0.2) is 19.8 Å². The van der Waals surface area contributed by atoms with E-state index in [-0.39, 0.29) is 12.1 Å². The molecule has 0 spiro atoms. The predicted molar refractivity (Wildman–Crippen MR) is 68.7 cm³/mol. The van der Waals surface area contributed by atoms with Crippen molar-refractivity contribution in [2.75, 3.05) is 13.7 Å². The molecule has 0 aliphatic carbocycles. The standard InChI is InChI=1S/C14H21NO2/c1-4-8-16-10-6-7-13-11(9-10)14(15-3)12(5-2)17-13/h6-7,9,12,14-15H,4-5,8H2,1-3H3. The highest BCUT2D eigenvalue weighted by molar-refractivity contribution is 5.45. The van der Waals surface area contributed by atoms with Crippen LogP contribution in [0.15, 0.2) is 18.2 Å². The summed E-state index contributed by atoms with van der Waals surface area (Å²) in [7, 11) is 1.98. The summed E-state index contributed by atoms with van der Waals surface area (Å²) in [6.07, 6.45) is 2.27. The van der Waals surface area contributed by atoms with Crippen molar-refractivity contribution in [2.24, 2.45) is 0 Å². The molecular formula is C14H21NO2. The third kappa shape index (κ3) is 2.39. The maximum atomic E-state index is 5.90. The lowest BCUT2D eigenvalue weighted by Crippen LogP contribution is -2.27. The first-order valence-corrected chi connectivity index (χ1v) is 6.40. The Balaban J connectivity index is 2.21. The number of hydrogen-bond acceptors (Lipinski definition) is 3. The van der Waals surface area contributed by atoms with Crippen LogP contribution in [0.5, 0.6) is 11.5 Å². The largest absolute Gasteiger partial charge is 0.494 e. The van der Waals surface area contributed by atoms with E-state index in [2.05, 4.69) is 25.2 Å². The summed E-state index contributed by atoms with van der Waals surface area (Å²) >= 11 is 0. The summed E-state index contributed by atoms with van der Waals surface area (Å²) < 4.78 is 11.6. The number of rotatable bonds is 5. The van der Waals surface area contributed by atoms with Crippen LogP contribution >= 0.6 is 0 Å². The minimum Gasteiger partial charge on any atom is -0.494 e. The van der Waals surface area contributed by atoms with Crippen molar-refractivity contribution in [3.05, 3.63) is 23.8 Å². The van der Waals surface area contributed by atoms with Crippen molar-refractivity contribution < 1.29 is 9.47 Å². The van der Waals surface area contributed by atoms with Crippen LogP contribution in [0.3, 0.4) is 0 Å². The van der Waals surface area contributed by atoms with Gasteiger partial charge < -0.3 is 14.8 Å². The number of likely N-dealkylation sites (N-methyl/N-ethyl adjacent to an activating group) is 1. The molecule has 2 unspecified atom stereocenters. The van der Waals surface area contributed by atoms with Crippen LogP contribution in [0.4, 0.5) is 0 Å². The molecular weight excluding hydrogens is 214 g/mol. The van der Waals surface area contributed by atoms with E-state index in [0.717, 1.165) is 30.9 Å². The smallest absolute Gasteiger partial charge is 0.125 e. The Hall–Kier alpha value is -1.22. The third-order valence-corrected chi connectivity index (χ3v) is 3.15. The molecule has 0 bridgehead atoms. The minimum absolute atomic E-state index is 0.233. The van der Waals surface area contributed by atoms with E-state index in [1.54, 1.807) is 0 Å². The maximum Gasteiger partial charge on any atom is 0.125 e. The molecule has 2 rings (SSSR count). The first-order chi connectivity index (χ1) is 8.30. The zero-order chi connectivity index (χ0) is 12.3. The Morgan fingerprint density at radius 1 is 1.35 bits per heavy atom. The Kier molecular flexibility index (Phi) is 3.89. The molecule has 1 aromatic carbocycles. The van der Waals surface area contributed by atoms with E-state index in [1.807, 2.05) is 19.2 Å². The van der Waals surface area contributed by atoms with Crippen molar-refractivity contribution in [3.63, 3.8) is 0 Å². The van der Waals surface area contributed by atoms with Gasteiger partial charge in [-0.3, -0.25) is 0 Å². The number of nitrogens with one attached hydrogen (secondary N) is 1. The first-order valence-electron chi connectivity index (χ1n) is 6.40. The number of benzene rings is 1. The van der Waals surface area contributed by atoms with Gasteiger partial charge >= 0.3 is 0 Å². The fourth-order valence-corrected chi connectivity index (χ4v) is 2.28. The second kappa shape index (κ2) is 5.41. The van der Waals surface area contributed by atoms with Crippen molar-refractivity contribution >= 4 is 0 Å². The van der Waals surface area contributed by atoms with Crippen LogP contribution in [0.2, 0.25) is 0 Å². The molecule has 1 heterocycles. The van der Waals surface area contributed by atoms with E-state index in [9.17, 15) is 0 Å². The monoisotopic (exact) mass is 235 g/mol. The second-order valence-corrected chi connectivity index (χ2v) is 4.38. The van der Waals surface area contributed by atoms with Gasteiger partial charge in [0, 0.05) is 5.56 Å². The summed E-state index contributed by atoms with van der Waals surface area (Å²) in [5.41, 5.74) is 1.22. The molecule has 17 heavy (non-hydrogen) atoms. The van der Waals surface area contributed by atoms with Gasteiger partial charge in [-0.15, -0.1) is 0 Å². The molecule has 0 fully saturated rings. The van der Waals surface area contributed by atoms with Crippen molar-refractivity contribution in [3.8, 4) is 11.5 Å². The van der Waals surface area contributed by atoms with Gasteiger partial charge in [0.15, 0.2) is 0 Å². The van der Waals surface area contributed by atoms with E-state index in [4.69, 9.17) is 9.47 Å². The van der Waals surface area contributed by atoms with Gasteiger partial charge in [-0.25, -0.2) is 0 Å². The fourth-order valence-electron chi connectivity index (χ4n) is 2.28. The van der Waals surface area contributed by atoms with Gasteiger partial charge in [0.1, 0.15) is 17.6 Å². The van der Waals surface area contributed by atoms with E-state index < -0.39 is 0 Å². The van der Waals surface area contributed by atoms with Gasteiger partial charge in [-0.05, 0) is 38.1 Å². The average molecular weight is 235 g/mol. The molecule has 2 atom stereocenters. The highest BCUT2D eigenvalue weighted by atomic mass is 16.5. The molecule has 1 aliphatic heterocycles. The summed E-state index contributed by atoms with van der Waals surface area (Å²) in [5, 5.41) is 3.32. The predicted octanol–water partition coefficient (Wildman–Crippen LogP) is 2.91. The molecule has 1 aromatic rings. The van der Waals surface area contributed by atoms with Crippen molar-refractivity contribution in [2.45, 2.75) is 38.8 Å². The molecule has 94 valence electrons. The van der Waals surface area contributed by atoms with Crippen LogP contribution in [0, 0.1) is 0 Å². The molecule has 0 amide bonds. The lowest BCUT2D eigenvalue weighted by molar-refractivity contribution is 0.189. The van der Waals surface area contributed by atoms with Crippen LogP contribution in [0.1, 0.15) is 38.3 Å². The van der Waals surface area contributed by atoms with E-state index >= 15 is 0 Å². The van der Waals surface area contributed by atoms with Crippen LogP contribution in [-0.2, 0) is 0 Å². The lowest BCUT2D eigenvalue weighted by atomic mass is 10.0. The summed E-state index contributed by atoms with van der Waals surface area (Å²) in [5.74, 6) is 1.92. The number of hydrogen-bond donors (Lipinski definition) is 1. The molecule has 3 nitrogen and oxygen atoms in total. The van der Waals surface area contributed by atoms with Gasteiger partial charge in [0.2, 0.25) is 0 Å². The Morgan fingerprint density at radius 3 is 2.82 bits per heavy atom. The summed E-state index contributed by atoms with van der Waals surface area (Å²) in [4.78, 5) is 0. The summed E-state index contributed by atoms with van der Waals surface area (Å²) in [6.45, 7) is 5.02. The zero-order valence-electron chi connectivity index (χ0n) is 10.8. The molecule has 1 N–H and O–H groups in total. The molecule has 0 radical (unpaired) electrons. The Bertz CT molecular complexity index is 378. The summed E-state index contributed by atoms with van der Waals surface area (Å²) in [6, 6.07) is 6.38. The van der Waals surface area contributed by atoms with Gasteiger partial charge in [-0.1, -0.05) is 13.8 Å². The van der Waals surface area contributed by atoms with E-state index in [0.29, 0.717) is 0 Å². The quantitative estimate of drug-likeness (QED) is 0.851. The molecule has 1 aliphatic rings. The normalized spacial score (nSPS) is 22.1. The highest BCUT2D eigenvalue weighted by Gasteiger charge is 2.32.